The first kappa shape index (κ1) is 12.9. The van der Waals surface area contributed by atoms with E-state index in [0.717, 1.165) is 10.4 Å². The van der Waals surface area contributed by atoms with Gasteiger partial charge in [0.25, 0.3) is 0 Å². The zero-order valence-corrected chi connectivity index (χ0v) is 11.3. The van der Waals surface area contributed by atoms with Gasteiger partial charge in [-0.1, -0.05) is 23.7 Å². The molecule has 1 aromatic heterocycles. The van der Waals surface area contributed by atoms with Crippen molar-refractivity contribution >= 4 is 34.6 Å². The van der Waals surface area contributed by atoms with Crippen molar-refractivity contribution in [3.63, 3.8) is 0 Å². The van der Waals surface area contributed by atoms with Gasteiger partial charge < -0.3 is 10.5 Å². The van der Waals surface area contributed by atoms with E-state index in [4.69, 9.17) is 22.1 Å². The van der Waals surface area contributed by atoms with Gasteiger partial charge in [0.2, 0.25) is 0 Å². The molecule has 0 atom stereocenters. The first-order valence-corrected chi connectivity index (χ1v) is 6.63. The van der Waals surface area contributed by atoms with Gasteiger partial charge in [0, 0.05) is 9.90 Å². The van der Waals surface area contributed by atoms with Crippen LogP contribution < -0.4 is 5.73 Å². The van der Waals surface area contributed by atoms with Crippen molar-refractivity contribution < 1.29 is 9.53 Å². The molecule has 0 aliphatic rings. The third-order valence-electron chi connectivity index (χ3n) is 2.33. The number of rotatable bonds is 3. The van der Waals surface area contributed by atoms with E-state index in [0.29, 0.717) is 22.2 Å². The lowest BCUT2D eigenvalue weighted by molar-refractivity contribution is 0.0533. The van der Waals surface area contributed by atoms with Crippen LogP contribution in [0.25, 0.3) is 10.4 Å². The standard InChI is InChI=1S/C13H12ClNO2S/c1-2-17-13(16)12-10(15)7-11(18-12)8-4-3-5-9(14)6-8/h3-7H,2,15H2,1H3. The van der Waals surface area contributed by atoms with Crippen LogP contribution in [0, 0.1) is 0 Å². The maximum atomic E-state index is 11.7. The molecule has 0 saturated carbocycles. The van der Waals surface area contributed by atoms with E-state index >= 15 is 0 Å². The normalized spacial score (nSPS) is 10.3. The van der Waals surface area contributed by atoms with E-state index in [1.54, 1.807) is 19.1 Å². The summed E-state index contributed by atoms with van der Waals surface area (Å²) in [5.41, 5.74) is 7.20. The van der Waals surface area contributed by atoms with Crippen molar-refractivity contribution in [2.24, 2.45) is 0 Å². The van der Waals surface area contributed by atoms with Crippen molar-refractivity contribution in [2.45, 2.75) is 6.92 Å². The number of anilines is 1. The highest BCUT2D eigenvalue weighted by atomic mass is 35.5. The SMILES string of the molecule is CCOC(=O)c1sc(-c2cccc(Cl)c2)cc1N. The highest BCUT2D eigenvalue weighted by Crippen LogP contribution is 2.34. The van der Waals surface area contributed by atoms with E-state index < -0.39 is 0 Å². The molecule has 0 saturated heterocycles. The highest BCUT2D eigenvalue weighted by Gasteiger charge is 2.16. The molecular formula is C13H12ClNO2S. The molecule has 2 N–H and O–H groups in total. The van der Waals surface area contributed by atoms with E-state index in [2.05, 4.69) is 0 Å². The van der Waals surface area contributed by atoms with Gasteiger partial charge in [-0.15, -0.1) is 11.3 Å². The largest absolute Gasteiger partial charge is 0.462 e. The number of nitrogen functional groups attached to an aromatic ring is 1. The van der Waals surface area contributed by atoms with Crippen LogP contribution in [-0.4, -0.2) is 12.6 Å². The number of hydrogen-bond donors (Lipinski definition) is 1. The predicted octanol–water partition coefficient (Wildman–Crippen LogP) is 3.83. The number of thiophene rings is 1. The molecular weight excluding hydrogens is 270 g/mol. The summed E-state index contributed by atoms with van der Waals surface area (Å²) in [5.74, 6) is -0.381. The minimum absolute atomic E-state index is 0.336. The zero-order valence-electron chi connectivity index (χ0n) is 9.77. The first-order valence-electron chi connectivity index (χ1n) is 5.44. The van der Waals surface area contributed by atoms with Gasteiger partial charge in [-0.05, 0) is 30.7 Å². The van der Waals surface area contributed by atoms with Crippen LogP contribution in [-0.2, 0) is 4.74 Å². The van der Waals surface area contributed by atoms with Crippen molar-refractivity contribution in [3.05, 3.63) is 40.2 Å². The summed E-state index contributed by atoms with van der Waals surface area (Å²) in [4.78, 5) is 13.0. The molecule has 94 valence electrons. The van der Waals surface area contributed by atoms with Crippen LogP contribution in [0.5, 0.6) is 0 Å². The molecule has 1 heterocycles. The quantitative estimate of drug-likeness (QED) is 0.870. The number of hydrogen-bond acceptors (Lipinski definition) is 4. The molecule has 2 rings (SSSR count). The van der Waals surface area contributed by atoms with Crippen molar-refractivity contribution in [3.8, 4) is 10.4 Å². The average molecular weight is 282 g/mol. The maximum absolute atomic E-state index is 11.7. The molecule has 0 spiro atoms. The summed E-state index contributed by atoms with van der Waals surface area (Å²) in [7, 11) is 0. The minimum atomic E-state index is -0.381. The number of benzene rings is 1. The molecule has 18 heavy (non-hydrogen) atoms. The maximum Gasteiger partial charge on any atom is 0.350 e. The van der Waals surface area contributed by atoms with Gasteiger partial charge in [-0.3, -0.25) is 0 Å². The molecule has 0 unspecified atom stereocenters. The number of nitrogens with two attached hydrogens (primary N) is 1. The molecule has 0 aliphatic heterocycles. The fourth-order valence-electron chi connectivity index (χ4n) is 1.55. The van der Waals surface area contributed by atoms with Gasteiger partial charge in [0.1, 0.15) is 4.88 Å². The van der Waals surface area contributed by atoms with Crippen molar-refractivity contribution in [2.75, 3.05) is 12.3 Å². The Kier molecular flexibility index (Phi) is 3.89. The Labute approximate surface area is 114 Å². The van der Waals surface area contributed by atoms with E-state index in [1.807, 2.05) is 18.2 Å². The first-order chi connectivity index (χ1) is 8.61. The Balaban J connectivity index is 2.37. The summed E-state index contributed by atoms with van der Waals surface area (Å²) in [6, 6.07) is 9.18. The summed E-state index contributed by atoms with van der Waals surface area (Å²) in [6.07, 6.45) is 0. The van der Waals surface area contributed by atoms with Crippen LogP contribution in [0.2, 0.25) is 5.02 Å². The van der Waals surface area contributed by atoms with Gasteiger partial charge in [0.15, 0.2) is 0 Å². The van der Waals surface area contributed by atoms with Crippen LogP contribution in [0.15, 0.2) is 30.3 Å². The molecule has 2 aromatic rings. The highest BCUT2D eigenvalue weighted by molar-refractivity contribution is 7.18. The van der Waals surface area contributed by atoms with Crippen LogP contribution >= 0.6 is 22.9 Å². The molecule has 1 aromatic carbocycles. The Morgan fingerprint density at radius 1 is 1.44 bits per heavy atom. The molecule has 0 fully saturated rings. The van der Waals surface area contributed by atoms with Gasteiger partial charge in [-0.2, -0.15) is 0 Å². The lowest BCUT2D eigenvalue weighted by Gasteiger charge is -1.99. The third-order valence-corrected chi connectivity index (χ3v) is 3.75. The van der Waals surface area contributed by atoms with Crippen LogP contribution in [0.3, 0.4) is 0 Å². The van der Waals surface area contributed by atoms with Crippen LogP contribution in [0.1, 0.15) is 16.6 Å². The number of ether oxygens (including phenoxy) is 1. The van der Waals surface area contributed by atoms with Gasteiger partial charge >= 0.3 is 5.97 Å². The number of carbonyl (C=O) groups excluding carboxylic acids is 1. The minimum Gasteiger partial charge on any atom is -0.462 e. The molecule has 0 amide bonds. The Bertz CT molecular complexity index is 580. The molecule has 0 aliphatic carbocycles. The second-order valence-electron chi connectivity index (χ2n) is 3.63. The van der Waals surface area contributed by atoms with Gasteiger partial charge in [-0.25, -0.2) is 4.79 Å². The summed E-state index contributed by atoms with van der Waals surface area (Å²) in [6.45, 7) is 2.10. The third kappa shape index (κ3) is 2.66. The second kappa shape index (κ2) is 5.42. The lowest BCUT2D eigenvalue weighted by Crippen LogP contribution is -2.04. The number of halogens is 1. The number of carbonyl (C=O) groups is 1. The summed E-state index contributed by atoms with van der Waals surface area (Å²) >= 11 is 7.25. The summed E-state index contributed by atoms with van der Waals surface area (Å²) < 4.78 is 4.95. The smallest absolute Gasteiger partial charge is 0.350 e. The monoisotopic (exact) mass is 281 g/mol. The molecule has 0 bridgehead atoms. The Morgan fingerprint density at radius 3 is 2.89 bits per heavy atom. The summed E-state index contributed by atoms with van der Waals surface area (Å²) in [5, 5.41) is 0.650. The Morgan fingerprint density at radius 2 is 2.22 bits per heavy atom. The van der Waals surface area contributed by atoms with Crippen molar-refractivity contribution in [1.82, 2.24) is 0 Å². The average Bonchev–Trinajstić information content (AvgIpc) is 2.72. The fourth-order valence-corrected chi connectivity index (χ4v) is 2.71. The molecule has 3 nitrogen and oxygen atoms in total. The lowest BCUT2D eigenvalue weighted by atomic mass is 10.2. The molecule has 0 radical (unpaired) electrons. The van der Waals surface area contributed by atoms with E-state index in [1.165, 1.54) is 11.3 Å². The second-order valence-corrected chi connectivity index (χ2v) is 5.11. The van der Waals surface area contributed by atoms with E-state index in [-0.39, 0.29) is 5.97 Å². The van der Waals surface area contributed by atoms with E-state index in [9.17, 15) is 4.79 Å². The zero-order chi connectivity index (χ0) is 13.1. The number of esters is 1. The van der Waals surface area contributed by atoms with Gasteiger partial charge in [0.05, 0.1) is 12.3 Å². The molecule has 5 heteroatoms. The van der Waals surface area contributed by atoms with Crippen molar-refractivity contribution in [1.29, 1.82) is 0 Å². The predicted molar refractivity (Wildman–Crippen MR) is 75.1 cm³/mol. The fraction of sp³-hybridized carbons (Fsp3) is 0.154. The topological polar surface area (TPSA) is 52.3 Å². The Hall–Kier alpha value is -1.52. The van der Waals surface area contributed by atoms with Crippen LogP contribution in [0.4, 0.5) is 5.69 Å².